The first-order valence-corrected chi connectivity index (χ1v) is 9.04. The zero-order valence-corrected chi connectivity index (χ0v) is 14.3. The van der Waals surface area contributed by atoms with E-state index in [1.165, 1.54) is 6.42 Å². The van der Waals surface area contributed by atoms with Gasteiger partial charge in [-0.2, -0.15) is 0 Å². The molecule has 0 aliphatic heterocycles. The first-order valence-electron chi connectivity index (χ1n) is 6.76. The molecule has 0 heterocycles. The van der Waals surface area contributed by atoms with Gasteiger partial charge in [-0.25, -0.2) is 13.1 Å². The first kappa shape index (κ1) is 15.9. The third kappa shape index (κ3) is 3.24. The van der Waals surface area contributed by atoms with Crippen LogP contribution in [0.3, 0.4) is 0 Å². The molecule has 20 heavy (non-hydrogen) atoms. The van der Waals surface area contributed by atoms with Gasteiger partial charge in [0, 0.05) is 17.6 Å². The molecule has 1 aromatic rings. The lowest BCUT2D eigenvalue weighted by Gasteiger charge is -2.38. The van der Waals surface area contributed by atoms with Crippen molar-refractivity contribution >= 4 is 26.0 Å². The van der Waals surface area contributed by atoms with Crippen molar-refractivity contribution in [2.24, 2.45) is 11.1 Å². The van der Waals surface area contributed by atoms with E-state index in [0.29, 0.717) is 17.6 Å². The molecule has 0 amide bonds. The summed E-state index contributed by atoms with van der Waals surface area (Å²) < 4.78 is 28.3. The standard InChI is InChI=1S/C14H21BrN2O2S/c1-10-6-11(8-16)7-12(13(10)15)20(18,19)17-9-14(2)4-3-5-14/h6-7,17H,3-5,8-9,16H2,1-2H3. The molecule has 0 spiro atoms. The number of sulfonamides is 1. The van der Waals surface area contributed by atoms with Crippen LogP contribution in [0.1, 0.15) is 37.3 Å². The highest BCUT2D eigenvalue weighted by molar-refractivity contribution is 9.10. The van der Waals surface area contributed by atoms with Crippen molar-refractivity contribution in [3.8, 4) is 0 Å². The van der Waals surface area contributed by atoms with Gasteiger partial charge in [-0.05, 0) is 58.3 Å². The second-order valence-corrected chi connectivity index (χ2v) is 8.45. The smallest absolute Gasteiger partial charge is 0.241 e. The van der Waals surface area contributed by atoms with Crippen molar-refractivity contribution in [3.05, 3.63) is 27.7 Å². The highest BCUT2D eigenvalue weighted by Crippen LogP contribution is 2.40. The van der Waals surface area contributed by atoms with Crippen LogP contribution in [0.25, 0.3) is 0 Å². The lowest BCUT2D eigenvalue weighted by atomic mass is 9.71. The number of hydrogen-bond acceptors (Lipinski definition) is 3. The van der Waals surface area contributed by atoms with Gasteiger partial charge < -0.3 is 5.73 Å². The SMILES string of the molecule is Cc1cc(CN)cc(S(=O)(=O)NCC2(C)CCC2)c1Br. The molecule has 1 aliphatic carbocycles. The number of benzene rings is 1. The molecule has 3 N–H and O–H groups in total. The molecule has 0 radical (unpaired) electrons. The highest BCUT2D eigenvalue weighted by atomic mass is 79.9. The molecule has 0 saturated heterocycles. The van der Waals surface area contributed by atoms with Gasteiger partial charge in [0.15, 0.2) is 0 Å². The average molecular weight is 361 g/mol. The number of halogens is 1. The van der Waals surface area contributed by atoms with E-state index in [4.69, 9.17) is 5.73 Å². The van der Waals surface area contributed by atoms with E-state index in [1.54, 1.807) is 6.07 Å². The Kier molecular flexibility index (Phi) is 4.59. The fourth-order valence-electron chi connectivity index (χ4n) is 2.43. The van der Waals surface area contributed by atoms with E-state index in [2.05, 4.69) is 27.6 Å². The molecule has 1 fully saturated rings. The second kappa shape index (κ2) is 5.75. The molecule has 0 atom stereocenters. The summed E-state index contributed by atoms with van der Waals surface area (Å²) in [6.45, 7) is 4.81. The molecule has 0 aromatic heterocycles. The van der Waals surface area contributed by atoms with Gasteiger partial charge in [0.2, 0.25) is 10.0 Å². The first-order chi connectivity index (χ1) is 9.27. The van der Waals surface area contributed by atoms with Crippen LogP contribution < -0.4 is 10.5 Å². The quantitative estimate of drug-likeness (QED) is 0.847. The fraction of sp³-hybridized carbons (Fsp3) is 0.571. The van der Waals surface area contributed by atoms with Crippen molar-refractivity contribution in [3.63, 3.8) is 0 Å². The van der Waals surface area contributed by atoms with Crippen molar-refractivity contribution < 1.29 is 8.42 Å². The van der Waals surface area contributed by atoms with Crippen LogP contribution in [0.15, 0.2) is 21.5 Å². The summed E-state index contributed by atoms with van der Waals surface area (Å²) in [4.78, 5) is 0.279. The lowest BCUT2D eigenvalue weighted by Crippen LogP contribution is -2.40. The van der Waals surface area contributed by atoms with E-state index in [0.717, 1.165) is 24.0 Å². The molecule has 4 nitrogen and oxygen atoms in total. The number of aryl methyl sites for hydroxylation is 1. The van der Waals surface area contributed by atoms with Crippen LogP contribution in [0, 0.1) is 12.3 Å². The van der Waals surface area contributed by atoms with Gasteiger partial charge in [0.1, 0.15) is 0 Å². The summed E-state index contributed by atoms with van der Waals surface area (Å²) >= 11 is 3.37. The summed E-state index contributed by atoms with van der Waals surface area (Å²) in [5, 5.41) is 0. The summed E-state index contributed by atoms with van der Waals surface area (Å²) in [5.74, 6) is 0. The van der Waals surface area contributed by atoms with Crippen LogP contribution in [-0.2, 0) is 16.6 Å². The van der Waals surface area contributed by atoms with Gasteiger partial charge in [-0.15, -0.1) is 0 Å². The Labute approximate surface area is 129 Å². The number of rotatable bonds is 5. The largest absolute Gasteiger partial charge is 0.326 e. The van der Waals surface area contributed by atoms with E-state index >= 15 is 0 Å². The van der Waals surface area contributed by atoms with Crippen molar-refractivity contribution in [1.29, 1.82) is 0 Å². The molecule has 0 unspecified atom stereocenters. The minimum absolute atomic E-state index is 0.111. The summed E-state index contributed by atoms with van der Waals surface area (Å²) in [5.41, 5.74) is 7.43. The van der Waals surface area contributed by atoms with Crippen LogP contribution >= 0.6 is 15.9 Å². The van der Waals surface area contributed by atoms with Crippen LogP contribution in [0.5, 0.6) is 0 Å². The van der Waals surface area contributed by atoms with E-state index in [1.807, 2.05) is 13.0 Å². The third-order valence-electron chi connectivity index (χ3n) is 4.06. The molecular weight excluding hydrogens is 340 g/mol. The second-order valence-electron chi connectivity index (χ2n) is 5.92. The monoisotopic (exact) mass is 360 g/mol. The lowest BCUT2D eigenvalue weighted by molar-refractivity contribution is 0.166. The molecule has 2 rings (SSSR count). The van der Waals surface area contributed by atoms with Crippen molar-refractivity contribution in [2.45, 2.75) is 44.6 Å². The van der Waals surface area contributed by atoms with Crippen LogP contribution in [0.4, 0.5) is 0 Å². The Morgan fingerprint density at radius 2 is 2.05 bits per heavy atom. The molecule has 0 bridgehead atoms. The Morgan fingerprint density at radius 3 is 2.55 bits per heavy atom. The maximum atomic E-state index is 12.5. The minimum Gasteiger partial charge on any atom is -0.326 e. The molecule has 1 aliphatic rings. The highest BCUT2D eigenvalue weighted by Gasteiger charge is 2.33. The maximum absolute atomic E-state index is 12.5. The van der Waals surface area contributed by atoms with Crippen LogP contribution in [0.2, 0.25) is 0 Å². The maximum Gasteiger partial charge on any atom is 0.241 e. The predicted molar refractivity (Wildman–Crippen MR) is 83.9 cm³/mol. The topological polar surface area (TPSA) is 72.2 Å². The summed E-state index contributed by atoms with van der Waals surface area (Å²) in [7, 11) is -3.51. The molecule has 1 saturated carbocycles. The molecular formula is C14H21BrN2O2S. The number of hydrogen-bond donors (Lipinski definition) is 2. The zero-order chi connectivity index (χ0) is 15.0. The van der Waals surface area contributed by atoms with Crippen molar-refractivity contribution in [2.75, 3.05) is 6.54 Å². The zero-order valence-electron chi connectivity index (χ0n) is 11.9. The van der Waals surface area contributed by atoms with Crippen molar-refractivity contribution in [1.82, 2.24) is 4.72 Å². The minimum atomic E-state index is -3.51. The van der Waals surface area contributed by atoms with Gasteiger partial charge in [0.25, 0.3) is 0 Å². The number of nitrogens with one attached hydrogen (secondary N) is 1. The summed E-state index contributed by atoms with van der Waals surface area (Å²) in [6.07, 6.45) is 3.35. The Bertz CT molecular complexity index is 610. The Balaban J connectivity index is 2.26. The molecule has 112 valence electrons. The van der Waals surface area contributed by atoms with Gasteiger partial charge in [-0.1, -0.05) is 19.4 Å². The predicted octanol–water partition coefficient (Wildman–Crippen LogP) is 2.68. The third-order valence-corrected chi connectivity index (χ3v) is 6.80. The van der Waals surface area contributed by atoms with Gasteiger partial charge >= 0.3 is 0 Å². The molecule has 1 aromatic carbocycles. The summed E-state index contributed by atoms with van der Waals surface area (Å²) in [6, 6.07) is 3.54. The van der Waals surface area contributed by atoms with Gasteiger partial charge in [0.05, 0.1) is 4.90 Å². The number of nitrogens with two attached hydrogens (primary N) is 1. The Morgan fingerprint density at radius 1 is 1.40 bits per heavy atom. The average Bonchev–Trinajstić information content (AvgIpc) is 2.37. The molecule has 6 heteroatoms. The van der Waals surface area contributed by atoms with Crippen LogP contribution in [-0.4, -0.2) is 15.0 Å². The van der Waals surface area contributed by atoms with E-state index < -0.39 is 10.0 Å². The van der Waals surface area contributed by atoms with Gasteiger partial charge in [-0.3, -0.25) is 0 Å². The Hall–Kier alpha value is -0.430. The van der Waals surface area contributed by atoms with E-state index in [9.17, 15) is 8.42 Å². The van der Waals surface area contributed by atoms with E-state index in [-0.39, 0.29) is 10.3 Å². The normalized spacial score (nSPS) is 17.8. The fourth-order valence-corrected chi connectivity index (χ4v) is 4.69.